The lowest BCUT2D eigenvalue weighted by Crippen LogP contribution is -2.31. The summed E-state index contributed by atoms with van der Waals surface area (Å²) in [4.78, 5) is 33.1. The van der Waals surface area contributed by atoms with E-state index in [-0.39, 0.29) is 30.3 Å². The summed E-state index contributed by atoms with van der Waals surface area (Å²) in [5.74, 6) is 0.987. The van der Waals surface area contributed by atoms with Crippen molar-refractivity contribution < 1.29 is 14.3 Å². The van der Waals surface area contributed by atoms with Gasteiger partial charge in [-0.25, -0.2) is 4.98 Å². The van der Waals surface area contributed by atoms with Gasteiger partial charge < -0.3 is 19.8 Å². The molecule has 2 heterocycles. The van der Waals surface area contributed by atoms with Gasteiger partial charge in [0.2, 0.25) is 5.91 Å². The molecule has 1 aliphatic rings. The average Bonchev–Trinajstić information content (AvgIpc) is 2.81. The Kier molecular flexibility index (Phi) is 7.05. The summed E-state index contributed by atoms with van der Waals surface area (Å²) in [7, 11) is 1.54. The SMILES string of the molecule is C=CCOc1c(OC)cccc1C1CC(=O)Nc2nc(SCc3ccccc3Cl)[nH]c(=O)c21. The van der Waals surface area contributed by atoms with E-state index in [0.29, 0.717) is 38.6 Å². The van der Waals surface area contributed by atoms with Crippen molar-refractivity contribution in [3.05, 3.63) is 87.2 Å². The van der Waals surface area contributed by atoms with Gasteiger partial charge in [-0.1, -0.05) is 66.3 Å². The Bertz CT molecular complexity index is 1260. The zero-order valence-corrected chi connectivity index (χ0v) is 19.5. The van der Waals surface area contributed by atoms with Crippen LogP contribution in [0.4, 0.5) is 5.82 Å². The molecule has 1 atom stereocenters. The largest absolute Gasteiger partial charge is 0.493 e. The van der Waals surface area contributed by atoms with Crippen LogP contribution in [-0.2, 0) is 10.5 Å². The minimum absolute atomic E-state index is 0.0848. The molecular weight excluding hydrogens is 462 g/mol. The number of benzene rings is 2. The summed E-state index contributed by atoms with van der Waals surface area (Å²) in [5.41, 5.74) is 1.67. The Morgan fingerprint density at radius 1 is 1.24 bits per heavy atom. The van der Waals surface area contributed by atoms with Gasteiger partial charge in [-0.05, 0) is 17.7 Å². The van der Waals surface area contributed by atoms with Crippen LogP contribution in [0.2, 0.25) is 5.02 Å². The summed E-state index contributed by atoms with van der Waals surface area (Å²) >= 11 is 7.56. The second-order valence-electron chi connectivity index (χ2n) is 7.30. The Labute approximate surface area is 200 Å². The third-order valence-corrected chi connectivity index (χ3v) is 6.49. The molecule has 2 aromatic carbocycles. The zero-order chi connectivity index (χ0) is 23.4. The highest BCUT2D eigenvalue weighted by molar-refractivity contribution is 7.98. The normalized spacial score (nSPS) is 14.8. The molecule has 0 radical (unpaired) electrons. The molecule has 0 spiro atoms. The first-order chi connectivity index (χ1) is 16.0. The standard InChI is InChI=1S/C24H22ClN3O4S/c1-3-11-32-21-15(8-6-10-18(21)31-2)16-12-19(29)26-22-20(16)23(30)28-24(27-22)33-13-14-7-4-5-9-17(14)25/h3-10,16H,1,11-13H2,2H3,(H2,26,27,28,29,30). The molecule has 3 aromatic rings. The number of carbonyl (C=O) groups excluding carboxylic acids is 1. The van der Waals surface area contributed by atoms with Gasteiger partial charge in [-0.3, -0.25) is 9.59 Å². The first-order valence-corrected chi connectivity index (χ1v) is 11.6. The number of nitrogens with one attached hydrogen (secondary N) is 2. The molecule has 0 saturated heterocycles. The zero-order valence-electron chi connectivity index (χ0n) is 17.9. The van der Waals surface area contributed by atoms with Crippen LogP contribution < -0.4 is 20.3 Å². The van der Waals surface area contributed by atoms with Crippen molar-refractivity contribution in [1.82, 2.24) is 9.97 Å². The highest BCUT2D eigenvalue weighted by Gasteiger charge is 2.33. The molecule has 1 unspecified atom stereocenters. The topological polar surface area (TPSA) is 93.3 Å². The van der Waals surface area contributed by atoms with E-state index in [0.717, 1.165) is 5.56 Å². The van der Waals surface area contributed by atoms with Crippen molar-refractivity contribution >= 4 is 35.1 Å². The Hall–Kier alpha value is -3.23. The number of H-pyrrole nitrogens is 1. The molecule has 0 bridgehead atoms. The Balaban J connectivity index is 1.71. The fourth-order valence-electron chi connectivity index (χ4n) is 3.71. The van der Waals surface area contributed by atoms with E-state index in [9.17, 15) is 9.59 Å². The number of methoxy groups -OCH3 is 1. The number of aromatic amines is 1. The number of ether oxygens (including phenoxy) is 2. The number of aromatic nitrogens is 2. The predicted molar refractivity (Wildman–Crippen MR) is 130 cm³/mol. The van der Waals surface area contributed by atoms with E-state index in [1.165, 1.54) is 18.9 Å². The van der Waals surface area contributed by atoms with Gasteiger partial charge in [0.1, 0.15) is 12.4 Å². The number of thioether (sulfide) groups is 1. The first-order valence-electron chi connectivity index (χ1n) is 10.2. The molecule has 1 aliphatic heterocycles. The minimum Gasteiger partial charge on any atom is -0.493 e. The van der Waals surface area contributed by atoms with Gasteiger partial charge in [-0.2, -0.15) is 0 Å². The molecule has 1 aromatic heterocycles. The molecule has 7 nitrogen and oxygen atoms in total. The molecule has 2 N–H and O–H groups in total. The van der Waals surface area contributed by atoms with E-state index in [2.05, 4.69) is 21.9 Å². The van der Waals surface area contributed by atoms with E-state index in [1.807, 2.05) is 30.3 Å². The van der Waals surface area contributed by atoms with Crippen LogP contribution in [0.15, 0.2) is 65.1 Å². The van der Waals surface area contributed by atoms with Crippen molar-refractivity contribution in [1.29, 1.82) is 0 Å². The fourth-order valence-corrected chi connectivity index (χ4v) is 4.86. The number of para-hydroxylation sites is 1. The third kappa shape index (κ3) is 4.91. The van der Waals surface area contributed by atoms with Gasteiger partial charge >= 0.3 is 0 Å². The van der Waals surface area contributed by atoms with Gasteiger partial charge in [-0.15, -0.1) is 0 Å². The predicted octanol–water partition coefficient (Wildman–Crippen LogP) is 4.76. The molecule has 0 aliphatic carbocycles. The van der Waals surface area contributed by atoms with E-state index < -0.39 is 5.92 Å². The molecule has 9 heteroatoms. The maximum absolute atomic E-state index is 13.2. The summed E-state index contributed by atoms with van der Waals surface area (Å²) < 4.78 is 11.3. The van der Waals surface area contributed by atoms with Crippen molar-refractivity contribution in [3.63, 3.8) is 0 Å². The monoisotopic (exact) mass is 483 g/mol. The molecule has 4 rings (SSSR count). The average molecular weight is 484 g/mol. The van der Waals surface area contributed by atoms with Crippen LogP contribution >= 0.6 is 23.4 Å². The van der Waals surface area contributed by atoms with Gasteiger partial charge in [0, 0.05) is 28.7 Å². The summed E-state index contributed by atoms with van der Waals surface area (Å²) in [6.45, 7) is 3.94. The quantitative estimate of drug-likeness (QED) is 0.272. The Morgan fingerprint density at radius 3 is 2.82 bits per heavy atom. The molecular formula is C24H22ClN3O4S. The van der Waals surface area contributed by atoms with Crippen LogP contribution in [0.3, 0.4) is 0 Å². The number of hydrogen-bond donors (Lipinski definition) is 2. The number of anilines is 1. The summed E-state index contributed by atoms with van der Waals surface area (Å²) in [6, 6.07) is 12.9. The second kappa shape index (κ2) is 10.1. The van der Waals surface area contributed by atoms with Crippen molar-refractivity contribution in [2.45, 2.75) is 23.2 Å². The number of carbonyl (C=O) groups is 1. The number of halogens is 1. The third-order valence-electron chi connectivity index (χ3n) is 5.20. The highest BCUT2D eigenvalue weighted by Crippen LogP contribution is 2.42. The second-order valence-corrected chi connectivity index (χ2v) is 8.67. The molecule has 0 fully saturated rings. The van der Waals surface area contributed by atoms with Gasteiger partial charge in [0.05, 0.1) is 12.7 Å². The van der Waals surface area contributed by atoms with Crippen molar-refractivity contribution in [2.75, 3.05) is 19.0 Å². The van der Waals surface area contributed by atoms with Crippen molar-refractivity contribution in [3.8, 4) is 11.5 Å². The lowest BCUT2D eigenvalue weighted by atomic mass is 9.86. The van der Waals surface area contributed by atoms with E-state index >= 15 is 0 Å². The van der Waals surface area contributed by atoms with Crippen LogP contribution in [0.25, 0.3) is 0 Å². The van der Waals surface area contributed by atoms with Crippen molar-refractivity contribution in [2.24, 2.45) is 0 Å². The summed E-state index contributed by atoms with van der Waals surface area (Å²) in [5, 5.41) is 3.78. The smallest absolute Gasteiger partial charge is 0.257 e. The maximum Gasteiger partial charge on any atom is 0.257 e. The molecule has 0 saturated carbocycles. The van der Waals surface area contributed by atoms with Crippen LogP contribution in [0, 0.1) is 0 Å². The fraction of sp³-hybridized carbons (Fsp3) is 0.208. The highest BCUT2D eigenvalue weighted by atomic mass is 35.5. The van der Waals surface area contributed by atoms with E-state index in [4.69, 9.17) is 21.1 Å². The van der Waals surface area contributed by atoms with Crippen LogP contribution in [0.5, 0.6) is 11.5 Å². The minimum atomic E-state index is -0.539. The van der Waals surface area contributed by atoms with Crippen LogP contribution in [0.1, 0.15) is 29.0 Å². The molecule has 1 amide bonds. The number of fused-ring (bicyclic) bond motifs is 1. The number of rotatable bonds is 8. The molecule has 170 valence electrons. The number of hydrogen-bond acceptors (Lipinski definition) is 6. The Morgan fingerprint density at radius 2 is 2.06 bits per heavy atom. The summed E-state index contributed by atoms with van der Waals surface area (Å²) in [6.07, 6.45) is 1.70. The van der Waals surface area contributed by atoms with E-state index in [1.54, 1.807) is 18.2 Å². The lowest BCUT2D eigenvalue weighted by Gasteiger charge is -2.26. The van der Waals surface area contributed by atoms with Gasteiger partial charge in [0.25, 0.3) is 5.56 Å². The van der Waals surface area contributed by atoms with Gasteiger partial charge in [0.15, 0.2) is 16.7 Å². The molecule has 33 heavy (non-hydrogen) atoms. The van der Waals surface area contributed by atoms with Crippen LogP contribution in [-0.4, -0.2) is 29.6 Å². The maximum atomic E-state index is 13.2. The first kappa shape index (κ1) is 22.9. The number of amides is 1. The number of nitrogens with zero attached hydrogens (tertiary/aromatic N) is 1. The lowest BCUT2D eigenvalue weighted by molar-refractivity contribution is -0.116.